The molecule has 1 atom stereocenters. The number of halogens is 3. The van der Waals surface area contributed by atoms with E-state index in [1.54, 1.807) is 37.4 Å². The molecule has 1 aliphatic rings. The molecule has 8 heteroatoms. The van der Waals surface area contributed by atoms with Crippen molar-refractivity contribution >= 4 is 17.5 Å². The highest BCUT2D eigenvalue weighted by Gasteiger charge is 2.39. The van der Waals surface area contributed by atoms with Crippen LogP contribution in [0.2, 0.25) is 0 Å². The number of hydrogen-bond acceptors (Lipinski definition) is 3. The first-order valence-corrected chi connectivity index (χ1v) is 7.78. The number of pyridine rings is 1. The average Bonchev–Trinajstić information content (AvgIpc) is 3.03. The van der Waals surface area contributed by atoms with E-state index < -0.39 is 24.7 Å². The van der Waals surface area contributed by atoms with Crippen LogP contribution in [0.25, 0.3) is 0 Å². The lowest BCUT2D eigenvalue weighted by molar-refractivity contribution is -0.134. The first-order chi connectivity index (χ1) is 11.8. The Labute approximate surface area is 142 Å². The molecule has 0 bridgehead atoms. The highest BCUT2D eigenvalue weighted by Crippen LogP contribution is 2.31. The molecule has 132 valence electrons. The van der Waals surface area contributed by atoms with Crippen molar-refractivity contribution in [3.63, 3.8) is 0 Å². The maximum absolute atomic E-state index is 13.1. The third-order valence-electron chi connectivity index (χ3n) is 4.17. The summed E-state index contributed by atoms with van der Waals surface area (Å²) in [6.07, 6.45) is -1.37. The summed E-state index contributed by atoms with van der Waals surface area (Å²) < 4.78 is 40.7. The van der Waals surface area contributed by atoms with Crippen LogP contribution in [0, 0.1) is 6.92 Å². The third-order valence-corrected chi connectivity index (χ3v) is 4.17. The Bertz CT molecular complexity index is 813. The summed E-state index contributed by atoms with van der Waals surface area (Å²) in [7, 11) is 0. The molecule has 25 heavy (non-hydrogen) atoms. The summed E-state index contributed by atoms with van der Waals surface area (Å²) in [4.78, 5) is 29.5. The first kappa shape index (κ1) is 17.2. The number of Topliss-reactive ketones (excluding diaryl/α,β-unsaturated/α-hetero) is 1. The second kappa shape index (κ2) is 6.34. The summed E-state index contributed by atoms with van der Waals surface area (Å²) in [5.41, 5.74) is 0.814. The SMILES string of the molecule is Cc1cccnc1N(CC(F)(F)F)C(=O)C1CCC(=O)c2cccn21. The zero-order valence-electron chi connectivity index (χ0n) is 13.5. The summed E-state index contributed by atoms with van der Waals surface area (Å²) in [6, 6.07) is 5.52. The molecule has 0 radical (unpaired) electrons. The standard InChI is InChI=1S/C17H16F3N3O2/c1-11-4-2-8-21-15(11)23(10-17(18,19)20)16(25)13-6-7-14(24)12-5-3-9-22(12)13/h2-5,8-9,13H,6-7,10H2,1H3. The van der Waals surface area contributed by atoms with Crippen molar-refractivity contribution in [2.75, 3.05) is 11.4 Å². The average molecular weight is 351 g/mol. The molecule has 3 rings (SSSR count). The number of amides is 1. The van der Waals surface area contributed by atoms with Gasteiger partial charge in [-0.05, 0) is 37.1 Å². The number of aryl methyl sites for hydroxylation is 1. The largest absolute Gasteiger partial charge is 0.406 e. The Balaban J connectivity index is 2.00. The van der Waals surface area contributed by atoms with Gasteiger partial charge >= 0.3 is 6.18 Å². The summed E-state index contributed by atoms with van der Waals surface area (Å²) in [5, 5.41) is 0. The van der Waals surface area contributed by atoms with Gasteiger partial charge in [-0.2, -0.15) is 13.2 Å². The van der Waals surface area contributed by atoms with Crippen molar-refractivity contribution in [1.29, 1.82) is 0 Å². The van der Waals surface area contributed by atoms with Crippen molar-refractivity contribution in [1.82, 2.24) is 9.55 Å². The number of aromatic nitrogens is 2. The topological polar surface area (TPSA) is 55.2 Å². The van der Waals surface area contributed by atoms with E-state index in [1.165, 1.54) is 10.8 Å². The van der Waals surface area contributed by atoms with Gasteiger partial charge in [0.1, 0.15) is 18.4 Å². The van der Waals surface area contributed by atoms with Gasteiger partial charge in [-0.3, -0.25) is 14.5 Å². The van der Waals surface area contributed by atoms with Gasteiger partial charge in [0.05, 0.1) is 5.69 Å². The van der Waals surface area contributed by atoms with E-state index in [2.05, 4.69) is 4.98 Å². The lowest BCUT2D eigenvalue weighted by Gasteiger charge is -2.31. The van der Waals surface area contributed by atoms with Gasteiger partial charge in [-0.15, -0.1) is 0 Å². The Morgan fingerprint density at radius 3 is 2.80 bits per heavy atom. The number of carbonyl (C=O) groups is 2. The minimum atomic E-state index is -4.57. The molecule has 1 aliphatic heterocycles. The minimum Gasteiger partial charge on any atom is -0.333 e. The lowest BCUT2D eigenvalue weighted by atomic mass is 10.0. The fourth-order valence-corrected chi connectivity index (χ4v) is 3.06. The number of fused-ring (bicyclic) bond motifs is 1. The highest BCUT2D eigenvalue weighted by atomic mass is 19.4. The van der Waals surface area contributed by atoms with Crippen molar-refractivity contribution in [3.8, 4) is 0 Å². The maximum Gasteiger partial charge on any atom is 0.406 e. The summed E-state index contributed by atoms with van der Waals surface area (Å²) in [6.45, 7) is 0.176. The number of ketones is 1. The second-order valence-corrected chi connectivity index (χ2v) is 5.96. The zero-order chi connectivity index (χ0) is 18.2. The van der Waals surface area contributed by atoms with Crippen LogP contribution >= 0.6 is 0 Å². The molecule has 1 unspecified atom stereocenters. The lowest BCUT2D eigenvalue weighted by Crippen LogP contribution is -2.45. The van der Waals surface area contributed by atoms with Gasteiger partial charge in [0, 0.05) is 18.8 Å². The third kappa shape index (κ3) is 3.42. The van der Waals surface area contributed by atoms with Crippen LogP contribution in [0.5, 0.6) is 0 Å². The molecule has 0 spiro atoms. The predicted molar refractivity (Wildman–Crippen MR) is 84.4 cm³/mol. The number of rotatable bonds is 3. The Kier molecular flexibility index (Phi) is 4.36. The van der Waals surface area contributed by atoms with E-state index in [0.717, 1.165) is 0 Å². The maximum atomic E-state index is 13.1. The van der Waals surface area contributed by atoms with E-state index in [0.29, 0.717) is 16.2 Å². The molecule has 0 saturated carbocycles. The first-order valence-electron chi connectivity index (χ1n) is 7.78. The van der Waals surface area contributed by atoms with Crippen LogP contribution in [0.1, 0.15) is 34.9 Å². The minimum absolute atomic E-state index is 0.0181. The summed E-state index contributed by atoms with van der Waals surface area (Å²) >= 11 is 0. The quantitative estimate of drug-likeness (QED) is 0.853. The highest BCUT2D eigenvalue weighted by molar-refractivity contribution is 6.01. The van der Waals surface area contributed by atoms with Gasteiger partial charge in [-0.1, -0.05) is 6.07 Å². The molecule has 1 amide bonds. The van der Waals surface area contributed by atoms with Crippen molar-refractivity contribution in [2.24, 2.45) is 0 Å². The van der Waals surface area contributed by atoms with E-state index >= 15 is 0 Å². The Morgan fingerprint density at radius 2 is 2.12 bits per heavy atom. The van der Waals surface area contributed by atoms with Gasteiger partial charge in [0.25, 0.3) is 5.91 Å². The molecule has 3 heterocycles. The van der Waals surface area contributed by atoms with E-state index in [9.17, 15) is 22.8 Å². The van der Waals surface area contributed by atoms with Gasteiger partial charge in [0.2, 0.25) is 0 Å². The number of nitrogens with zero attached hydrogens (tertiary/aromatic N) is 3. The smallest absolute Gasteiger partial charge is 0.333 e. The van der Waals surface area contributed by atoms with Crippen LogP contribution in [-0.4, -0.2) is 34.0 Å². The van der Waals surface area contributed by atoms with Crippen molar-refractivity contribution in [3.05, 3.63) is 47.9 Å². The van der Waals surface area contributed by atoms with Crippen LogP contribution in [0.4, 0.5) is 19.0 Å². The predicted octanol–water partition coefficient (Wildman–Crippen LogP) is 3.30. The fourth-order valence-electron chi connectivity index (χ4n) is 3.06. The van der Waals surface area contributed by atoms with Gasteiger partial charge < -0.3 is 4.57 Å². The van der Waals surface area contributed by atoms with E-state index in [4.69, 9.17) is 0 Å². The van der Waals surface area contributed by atoms with E-state index in [-0.39, 0.29) is 24.4 Å². The number of alkyl halides is 3. The summed E-state index contributed by atoms with van der Waals surface area (Å²) in [5.74, 6) is -0.857. The molecule has 2 aromatic heterocycles. The van der Waals surface area contributed by atoms with Crippen molar-refractivity contribution < 1.29 is 22.8 Å². The molecule has 0 saturated heterocycles. The van der Waals surface area contributed by atoms with Gasteiger partial charge in [0.15, 0.2) is 5.78 Å². The van der Waals surface area contributed by atoms with Crippen LogP contribution in [0.15, 0.2) is 36.7 Å². The molecule has 5 nitrogen and oxygen atoms in total. The molecular formula is C17H16F3N3O2. The number of anilines is 1. The molecule has 0 aliphatic carbocycles. The van der Waals surface area contributed by atoms with Crippen LogP contribution < -0.4 is 4.90 Å². The molecule has 0 N–H and O–H groups in total. The van der Waals surface area contributed by atoms with Crippen molar-refractivity contribution in [2.45, 2.75) is 32.0 Å². The Morgan fingerprint density at radius 1 is 1.36 bits per heavy atom. The van der Waals surface area contributed by atoms with Crippen LogP contribution in [0.3, 0.4) is 0 Å². The fraction of sp³-hybridized carbons (Fsp3) is 0.353. The molecule has 0 fully saturated rings. The normalized spacial score (nSPS) is 17.3. The molecular weight excluding hydrogens is 335 g/mol. The molecule has 0 aromatic carbocycles. The molecule has 2 aromatic rings. The Hall–Kier alpha value is -2.64. The second-order valence-electron chi connectivity index (χ2n) is 5.96. The van der Waals surface area contributed by atoms with E-state index in [1.807, 2.05) is 0 Å². The van der Waals surface area contributed by atoms with Gasteiger partial charge in [-0.25, -0.2) is 4.98 Å². The number of carbonyl (C=O) groups excluding carboxylic acids is 2. The zero-order valence-corrected chi connectivity index (χ0v) is 13.5. The number of hydrogen-bond donors (Lipinski definition) is 0. The monoisotopic (exact) mass is 351 g/mol. The van der Waals surface area contributed by atoms with Crippen LogP contribution in [-0.2, 0) is 4.79 Å².